The fourth-order valence-electron chi connectivity index (χ4n) is 3.63. The van der Waals surface area contributed by atoms with E-state index in [2.05, 4.69) is 0 Å². The summed E-state index contributed by atoms with van der Waals surface area (Å²) in [4.78, 5) is 24.5. The number of epoxide rings is 1. The van der Waals surface area contributed by atoms with E-state index in [4.69, 9.17) is 18.9 Å². The van der Waals surface area contributed by atoms with Crippen molar-refractivity contribution in [3.05, 3.63) is 23.8 Å². The number of hydrogen-bond donors (Lipinski definition) is 1. The third kappa shape index (κ3) is 1.61. The molecule has 0 saturated carbocycles. The Kier molecular flexibility index (Phi) is 2.80. The van der Waals surface area contributed by atoms with Crippen LogP contribution in [0.2, 0.25) is 0 Å². The van der Waals surface area contributed by atoms with Crippen molar-refractivity contribution in [2.24, 2.45) is 5.92 Å². The molecule has 0 aromatic heterocycles. The van der Waals surface area contributed by atoms with Gasteiger partial charge in [0.25, 0.3) is 0 Å². The molecule has 2 fully saturated rings. The molecule has 1 N–H and O–H groups in total. The van der Waals surface area contributed by atoms with Gasteiger partial charge in [0.15, 0.2) is 0 Å². The molecule has 0 bridgehead atoms. The van der Waals surface area contributed by atoms with Gasteiger partial charge in [0, 0.05) is 5.92 Å². The lowest BCUT2D eigenvalue weighted by Gasteiger charge is -2.21. The van der Waals surface area contributed by atoms with Crippen LogP contribution in [0, 0.1) is 5.92 Å². The molecule has 7 heteroatoms. The lowest BCUT2D eigenvalue weighted by molar-refractivity contribution is -0.145. The number of cyclic esters (lactones) is 1. The van der Waals surface area contributed by atoms with Crippen LogP contribution in [0.25, 0.3) is 0 Å². The van der Waals surface area contributed by atoms with Crippen molar-refractivity contribution in [2.45, 2.75) is 30.8 Å². The first kappa shape index (κ1) is 14.5. The van der Waals surface area contributed by atoms with Crippen LogP contribution < -0.4 is 9.47 Å². The number of ether oxygens (including phenoxy) is 4. The number of Topliss-reactive ketones (excluding diaryl/α,β-unsaturated/α-hetero) is 1. The summed E-state index contributed by atoms with van der Waals surface area (Å²) in [5.74, 6) is -1.92. The van der Waals surface area contributed by atoms with Gasteiger partial charge in [0.2, 0.25) is 11.4 Å². The lowest BCUT2D eigenvalue weighted by atomic mass is 9.86. The van der Waals surface area contributed by atoms with Crippen LogP contribution >= 0.6 is 0 Å². The molecule has 0 amide bonds. The molecule has 3 aliphatic rings. The van der Waals surface area contributed by atoms with E-state index in [1.807, 2.05) is 6.92 Å². The van der Waals surface area contributed by atoms with Crippen molar-refractivity contribution in [3.63, 3.8) is 0 Å². The number of fused-ring (bicyclic) bond motifs is 1. The molecule has 3 heterocycles. The molecule has 4 rings (SSSR count). The van der Waals surface area contributed by atoms with Crippen molar-refractivity contribution in [2.75, 3.05) is 13.7 Å². The van der Waals surface area contributed by atoms with E-state index in [0.29, 0.717) is 11.5 Å². The van der Waals surface area contributed by atoms with Crippen LogP contribution in [-0.4, -0.2) is 48.1 Å². The Bertz CT molecular complexity index is 714. The second kappa shape index (κ2) is 4.46. The van der Waals surface area contributed by atoms with Gasteiger partial charge in [-0.15, -0.1) is 0 Å². The molecule has 1 unspecified atom stereocenters. The Hall–Kier alpha value is -2.12. The molecule has 1 aromatic carbocycles. The third-order valence-corrected chi connectivity index (χ3v) is 4.79. The zero-order valence-electron chi connectivity index (χ0n) is 12.7. The maximum Gasteiger partial charge on any atom is 0.312 e. The molecular formula is C16H16O7. The molecule has 4 atom stereocenters. The lowest BCUT2D eigenvalue weighted by Crippen LogP contribution is -2.47. The van der Waals surface area contributed by atoms with E-state index >= 15 is 0 Å². The van der Waals surface area contributed by atoms with Gasteiger partial charge in [-0.25, -0.2) is 0 Å². The van der Waals surface area contributed by atoms with Crippen LogP contribution in [-0.2, 0) is 14.3 Å². The summed E-state index contributed by atoms with van der Waals surface area (Å²) in [6.07, 6.45) is -0.514. The van der Waals surface area contributed by atoms with Gasteiger partial charge in [-0.3, -0.25) is 9.59 Å². The van der Waals surface area contributed by atoms with E-state index in [-0.39, 0.29) is 23.9 Å². The van der Waals surface area contributed by atoms with Crippen LogP contribution in [0.1, 0.15) is 23.7 Å². The molecule has 3 aliphatic heterocycles. The van der Waals surface area contributed by atoms with E-state index in [1.165, 1.54) is 7.11 Å². The van der Waals surface area contributed by atoms with Gasteiger partial charge >= 0.3 is 11.8 Å². The largest absolute Gasteiger partial charge is 0.496 e. The SMILES string of the molecule is COc1cccc2c1C(=O)[C@]1(O2)O[C@@]1(CO)C1OC(=O)C[C@H]1C. The Morgan fingerprint density at radius 1 is 1.39 bits per heavy atom. The first-order valence-electron chi connectivity index (χ1n) is 7.40. The quantitative estimate of drug-likeness (QED) is 0.646. The van der Waals surface area contributed by atoms with E-state index in [0.717, 1.165) is 0 Å². The monoisotopic (exact) mass is 320 g/mol. The van der Waals surface area contributed by atoms with Crippen LogP contribution in [0.3, 0.4) is 0 Å². The van der Waals surface area contributed by atoms with Crippen molar-refractivity contribution in [3.8, 4) is 11.5 Å². The first-order chi connectivity index (χ1) is 11.0. The van der Waals surface area contributed by atoms with Crippen molar-refractivity contribution < 1.29 is 33.6 Å². The predicted molar refractivity (Wildman–Crippen MR) is 75.2 cm³/mol. The van der Waals surface area contributed by atoms with Gasteiger partial charge < -0.3 is 24.1 Å². The summed E-state index contributed by atoms with van der Waals surface area (Å²) < 4.78 is 21.9. The average Bonchev–Trinajstić information content (AvgIpc) is 2.93. The molecular weight excluding hydrogens is 304 g/mol. The fourth-order valence-corrected chi connectivity index (χ4v) is 3.63. The molecule has 0 radical (unpaired) electrons. The standard InChI is InChI=1S/C16H16O7/c1-8-6-11(18)21-14(8)15(7-17)16(23-15)13(19)12-9(20-2)4-3-5-10(12)22-16/h3-5,8,14,17H,6-7H2,1-2H3/t8-,14?,15+,16+/m1/s1. The number of rotatable bonds is 3. The average molecular weight is 320 g/mol. The number of carbonyl (C=O) groups excluding carboxylic acids is 2. The molecule has 1 spiro atoms. The maximum atomic E-state index is 12.9. The normalized spacial score (nSPS) is 37.5. The summed E-state index contributed by atoms with van der Waals surface area (Å²) in [6, 6.07) is 4.99. The Labute approximate surface area is 132 Å². The second-order valence-corrected chi connectivity index (χ2v) is 6.12. The number of aliphatic hydroxyl groups is 1. The molecule has 1 aromatic rings. The molecule has 0 aliphatic carbocycles. The Morgan fingerprint density at radius 2 is 2.17 bits per heavy atom. The van der Waals surface area contributed by atoms with E-state index in [1.54, 1.807) is 18.2 Å². The van der Waals surface area contributed by atoms with Gasteiger partial charge in [-0.2, -0.15) is 0 Å². The van der Waals surface area contributed by atoms with Crippen LogP contribution in [0.15, 0.2) is 18.2 Å². The zero-order chi connectivity index (χ0) is 16.4. The molecule has 2 saturated heterocycles. The maximum absolute atomic E-state index is 12.9. The highest BCUT2D eigenvalue weighted by molar-refractivity contribution is 6.11. The van der Waals surface area contributed by atoms with Gasteiger partial charge in [0.1, 0.15) is 23.2 Å². The number of esters is 1. The summed E-state index contributed by atoms with van der Waals surface area (Å²) in [5, 5.41) is 9.89. The highest BCUT2D eigenvalue weighted by Crippen LogP contribution is 2.61. The minimum Gasteiger partial charge on any atom is -0.496 e. The molecule has 122 valence electrons. The van der Waals surface area contributed by atoms with Crippen LogP contribution in [0.4, 0.5) is 0 Å². The summed E-state index contributed by atoms with van der Waals surface area (Å²) >= 11 is 0. The summed E-state index contributed by atoms with van der Waals surface area (Å²) in [7, 11) is 1.46. The van der Waals surface area contributed by atoms with Crippen molar-refractivity contribution >= 4 is 11.8 Å². The number of benzene rings is 1. The number of hydrogen-bond acceptors (Lipinski definition) is 7. The predicted octanol–water partition coefficient (Wildman–Crippen LogP) is 0.679. The summed E-state index contributed by atoms with van der Waals surface area (Å²) in [5.41, 5.74) is -1.10. The highest BCUT2D eigenvalue weighted by atomic mass is 16.8. The van der Waals surface area contributed by atoms with Crippen molar-refractivity contribution in [1.29, 1.82) is 0 Å². The molecule has 23 heavy (non-hydrogen) atoms. The highest BCUT2D eigenvalue weighted by Gasteiger charge is 2.85. The Morgan fingerprint density at radius 3 is 2.78 bits per heavy atom. The number of methoxy groups -OCH3 is 1. The fraction of sp³-hybridized carbons (Fsp3) is 0.500. The van der Waals surface area contributed by atoms with Gasteiger partial charge in [0.05, 0.1) is 20.1 Å². The van der Waals surface area contributed by atoms with Crippen LogP contribution in [0.5, 0.6) is 11.5 Å². The number of ketones is 1. The Balaban J connectivity index is 1.75. The van der Waals surface area contributed by atoms with E-state index < -0.39 is 29.9 Å². The zero-order valence-corrected chi connectivity index (χ0v) is 12.7. The second-order valence-electron chi connectivity index (χ2n) is 6.12. The van der Waals surface area contributed by atoms with Gasteiger partial charge in [-0.1, -0.05) is 13.0 Å². The first-order valence-corrected chi connectivity index (χ1v) is 7.40. The molecule has 7 nitrogen and oxygen atoms in total. The number of aliphatic hydroxyl groups excluding tert-OH is 1. The minimum atomic E-state index is -1.65. The smallest absolute Gasteiger partial charge is 0.312 e. The third-order valence-electron chi connectivity index (χ3n) is 4.79. The van der Waals surface area contributed by atoms with Crippen molar-refractivity contribution in [1.82, 2.24) is 0 Å². The van der Waals surface area contributed by atoms with Gasteiger partial charge in [-0.05, 0) is 12.1 Å². The van der Waals surface area contributed by atoms with E-state index in [9.17, 15) is 14.7 Å². The topological polar surface area (TPSA) is 94.6 Å². The minimum absolute atomic E-state index is 0.184. The number of carbonyl (C=O) groups is 2. The summed E-state index contributed by atoms with van der Waals surface area (Å²) in [6.45, 7) is 1.33.